The van der Waals surface area contributed by atoms with Gasteiger partial charge < -0.3 is 9.30 Å². The number of sulfonamides is 1. The van der Waals surface area contributed by atoms with E-state index in [4.69, 9.17) is 4.74 Å². The van der Waals surface area contributed by atoms with Crippen LogP contribution < -0.4 is 9.86 Å². The summed E-state index contributed by atoms with van der Waals surface area (Å²) in [5.41, 5.74) is 2.46. The second-order valence-electron chi connectivity index (χ2n) is 6.28. The molecule has 0 unspecified atom stereocenters. The van der Waals surface area contributed by atoms with Crippen LogP contribution in [-0.2, 0) is 21.2 Å². The molecule has 4 rings (SSSR count). The van der Waals surface area contributed by atoms with Crippen LogP contribution >= 0.6 is 0 Å². The molecule has 140 valence electrons. The Balaban J connectivity index is 1.87. The number of methoxy groups -OCH3 is 1. The largest absolute Gasteiger partial charge is 0.465 e. The van der Waals surface area contributed by atoms with Crippen molar-refractivity contribution >= 4 is 21.7 Å². The molecule has 10 heteroatoms. The fraction of sp³-hybridized carbons (Fsp3) is 0.235. The van der Waals surface area contributed by atoms with Gasteiger partial charge in [-0.3, -0.25) is 9.10 Å². The number of aromatic amines is 1. The summed E-state index contributed by atoms with van der Waals surface area (Å²) in [6.07, 6.45) is 4.88. The Hall–Kier alpha value is -3.14. The average molecular weight is 388 g/mol. The molecule has 1 N–H and O–H groups in total. The summed E-state index contributed by atoms with van der Waals surface area (Å²) < 4.78 is 31.6. The van der Waals surface area contributed by atoms with Crippen molar-refractivity contribution in [2.24, 2.45) is 0 Å². The van der Waals surface area contributed by atoms with E-state index in [-0.39, 0.29) is 16.8 Å². The number of carbonyl (C=O) groups excluding carboxylic acids is 1. The molecule has 0 radical (unpaired) electrons. The summed E-state index contributed by atoms with van der Waals surface area (Å²) >= 11 is 0. The summed E-state index contributed by atoms with van der Waals surface area (Å²) in [5, 5.41) is 6.23. The minimum Gasteiger partial charge on any atom is -0.465 e. The third-order valence-electron chi connectivity index (χ3n) is 4.58. The van der Waals surface area contributed by atoms with Gasteiger partial charge in [0.2, 0.25) is 10.0 Å². The van der Waals surface area contributed by atoms with E-state index in [0.29, 0.717) is 24.3 Å². The molecule has 0 atom stereocenters. The first-order valence-electron chi connectivity index (χ1n) is 8.09. The lowest BCUT2D eigenvalue weighted by molar-refractivity contribution is 0.0600. The molecule has 3 aliphatic rings. The Morgan fingerprint density at radius 3 is 2.78 bits per heavy atom. The summed E-state index contributed by atoms with van der Waals surface area (Å²) in [6, 6.07) is 5.30. The monoisotopic (exact) mass is 388 g/mol. The molecule has 0 amide bonds. The normalized spacial score (nSPS) is 13.8. The molecule has 9 nitrogen and oxygen atoms in total. The Morgan fingerprint density at radius 1 is 1.30 bits per heavy atom. The van der Waals surface area contributed by atoms with Gasteiger partial charge in [0.1, 0.15) is 11.3 Å². The first-order valence-corrected chi connectivity index (χ1v) is 9.94. The fourth-order valence-electron chi connectivity index (χ4n) is 3.31. The highest BCUT2D eigenvalue weighted by Gasteiger charge is 2.27. The topological polar surface area (TPSA) is 114 Å². The van der Waals surface area contributed by atoms with Gasteiger partial charge >= 0.3 is 5.97 Å². The Morgan fingerprint density at radius 2 is 2.07 bits per heavy atom. The lowest BCUT2D eigenvalue weighted by Crippen LogP contribution is -2.27. The van der Waals surface area contributed by atoms with E-state index in [9.17, 15) is 18.0 Å². The van der Waals surface area contributed by atoms with Crippen molar-refractivity contribution in [1.82, 2.24) is 14.8 Å². The highest BCUT2D eigenvalue weighted by Crippen LogP contribution is 2.32. The van der Waals surface area contributed by atoms with E-state index < -0.39 is 21.6 Å². The van der Waals surface area contributed by atoms with E-state index in [0.717, 1.165) is 5.56 Å². The maximum absolute atomic E-state index is 12.1. The molecule has 0 aromatic heterocycles. The van der Waals surface area contributed by atoms with Gasteiger partial charge in [-0.05, 0) is 30.2 Å². The van der Waals surface area contributed by atoms with Crippen molar-refractivity contribution in [2.45, 2.75) is 6.42 Å². The molecule has 0 saturated heterocycles. The van der Waals surface area contributed by atoms with Crippen LogP contribution in [0.1, 0.15) is 15.9 Å². The second kappa shape index (κ2) is 5.95. The van der Waals surface area contributed by atoms with Gasteiger partial charge in [0.05, 0.1) is 24.6 Å². The van der Waals surface area contributed by atoms with Crippen LogP contribution in [0.25, 0.3) is 16.9 Å². The van der Waals surface area contributed by atoms with Crippen LogP contribution in [0.3, 0.4) is 0 Å². The minimum atomic E-state index is -3.33. The average Bonchev–Trinajstić information content (AvgIpc) is 3.23. The van der Waals surface area contributed by atoms with Crippen molar-refractivity contribution < 1.29 is 17.9 Å². The van der Waals surface area contributed by atoms with Crippen LogP contribution in [-0.4, -0.2) is 49.1 Å². The maximum atomic E-state index is 12.1. The highest BCUT2D eigenvalue weighted by molar-refractivity contribution is 7.92. The summed E-state index contributed by atoms with van der Waals surface area (Å²) in [5.74, 6) is -0.606. The fourth-order valence-corrected chi connectivity index (χ4v) is 4.27. The predicted octanol–water partition coefficient (Wildman–Crippen LogP) is 0.774. The van der Waals surface area contributed by atoms with Crippen LogP contribution in [0.2, 0.25) is 0 Å². The quantitative estimate of drug-likeness (QED) is 0.663. The SMILES string of the molecule is COC(=O)c1cn(-c2ccc3c(c2)CCN3S(C)(=O)=O)cc2c(=O)[nH]nc1-2. The van der Waals surface area contributed by atoms with Gasteiger partial charge in [-0.15, -0.1) is 0 Å². The van der Waals surface area contributed by atoms with E-state index in [1.54, 1.807) is 29.1 Å². The van der Waals surface area contributed by atoms with Crippen LogP contribution in [0, 0.1) is 0 Å². The third-order valence-corrected chi connectivity index (χ3v) is 5.76. The molecule has 0 saturated carbocycles. The number of anilines is 1. The second-order valence-corrected chi connectivity index (χ2v) is 8.19. The molecule has 27 heavy (non-hydrogen) atoms. The molecule has 1 aromatic rings. The summed E-state index contributed by atoms with van der Waals surface area (Å²) in [6.45, 7) is 0.390. The van der Waals surface area contributed by atoms with E-state index in [2.05, 4.69) is 10.2 Å². The number of H-pyrrole nitrogens is 1. The van der Waals surface area contributed by atoms with Crippen LogP contribution in [0.5, 0.6) is 0 Å². The zero-order valence-electron chi connectivity index (χ0n) is 14.6. The Bertz CT molecular complexity index is 1190. The van der Waals surface area contributed by atoms with Gasteiger partial charge in [0.25, 0.3) is 5.56 Å². The molecule has 0 bridgehead atoms. The predicted molar refractivity (Wildman–Crippen MR) is 98.0 cm³/mol. The number of esters is 1. The molecule has 3 heterocycles. The molecule has 0 aliphatic carbocycles. The minimum absolute atomic E-state index is 0.159. The molecular weight excluding hydrogens is 372 g/mol. The van der Waals surface area contributed by atoms with E-state index in [1.165, 1.54) is 17.7 Å². The number of ether oxygens (including phenoxy) is 1. The highest BCUT2D eigenvalue weighted by atomic mass is 32.2. The maximum Gasteiger partial charge on any atom is 0.341 e. The van der Waals surface area contributed by atoms with Crippen molar-refractivity contribution in [3.05, 3.63) is 52.1 Å². The van der Waals surface area contributed by atoms with Gasteiger partial charge in [0.15, 0.2) is 0 Å². The lowest BCUT2D eigenvalue weighted by Gasteiger charge is -2.17. The number of fused-ring (bicyclic) bond motifs is 2. The number of benzene rings is 1. The van der Waals surface area contributed by atoms with Gasteiger partial charge in [-0.25, -0.2) is 18.3 Å². The van der Waals surface area contributed by atoms with E-state index >= 15 is 0 Å². The van der Waals surface area contributed by atoms with E-state index in [1.807, 2.05) is 6.07 Å². The first kappa shape index (κ1) is 17.3. The molecule has 1 aromatic carbocycles. The van der Waals surface area contributed by atoms with Gasteiger partial charge in [0, 0.05) is 24.6 Å². The van der Waals surface area contributed by atoms with Gasteiger partial charge in [-0.1, -0.05) is 0 Å². The molecular formula is C17H16N4O5S. The molecule has 0 fully saturated rings. The van der Waals surface area contributed by atoms with Crippen molar-refractivity contribution in [3.63, 3.8) is 0 Å². The molecule has 3 aliphatic heterocycles. The number of nitrogens with one attached hydrogen (secondary N) is 1. The number of hydrogen-bond acceptors (Lipinski definition) is 6. The smallest absolute Gasteiger partial charge is 0.341 e. The van der Waals surface area contributed by atoms with Gasteiger partial charge in [-0.2, -0.15) is 5.10 Å². The zero-order chi connectivity index (χ0) is 19.3. The number of rotatable bonds is 3. The lowest BCUT2D eigenvalue weighted by atomic mass is 10.1. The number of nitrogens with zero attached hydrogens (tertiary/aromatic N) is 3. The van der Waals surface area contributed by atoms with Crippen molar-refractivity contribution in [2.75, 3.05) is 24.2 Å². The third kappa shape index (κ3) is 2.78. The Kier molecular flexibility index (Phi) is 3.81. The van der Waals surface area contributed by atoms with Crippen molar-refractivity contribution in [1.29, 1.82) is 0 Å². The zero-order valence-corrected chi connectivity index (χ0v) is 15.4. The first-order chi connectivity index (χ1) is 12.8. The van der Waals surface area contributed by atoms with Crippen LogP contribution in [0.15, 0.2) is 35.4 Å². The van der Waals surface area contributed by atoms with Crippen molar-refractivity contribution in [3.8, 4) is 16.9 Å². The van der Waals surface area contributed by atoms with Crippen LogP contribution in [0.4, 0.5) is 5.69 Å². The Labute approximate surface area is 154 Å². The molecule has 0 spiro atoms. The number of hydrogen-bond donors (Lipinski definition) is 1. The number of aromatic nitrogens is 3. The number of carbonyl (C=O) groups is 1. The number of pyridine rings is 1. The standard InChI is InChI=1S/C17H16N4O5S/c1-26-17(23)13-9-20(8-12-15(13)18-19-16(12)22)11-3-4-14-10(7-11)5-6-21(14)27(2,24)25/h3-4,7-9H,5-6H2,1-2H3,(H,19,22). The summed E-state index contributed by atoms with van der Waals surface area (Å²) in [7, 11) is -2.07. The summed E-state index contributed by atoms with van der Waals surface area (Å²) in [4.78, 5) is 24.1.